The number of hydrogen-bond donors (Lipinski definition) is 2. The molecule has 9 heteroatoms. The molecule has 2 N–H and O–H groups in total. The first-order valence-corrected chi connectivity index (χ1v) is 8.10. The van der Waals surface area contributed by atoms with Crippen molar-refractivity contribution in [2.45, 2.75) is 5.75 Å². The van der Waals surface area contributed by atoms with E-state index in [4.69, 9.17) is 5.21 Å². The molecule has 0 saturated heterocycles. The third kappa shape index (κ3) is 4.73. The van der Waals surface area contributed by atoms with E-state index in [0.29, 0.717) is 5.06 Å². The van der Waals surface area contributed by atoms with Crippen molar-refractivity contribution in [3.05, 3.63) is 59.7 Å². The maximum atomic E-state index is 13.1. The van der Waals surface area contributed by atoms with E-state index in [2.05, 4.69) is 9.71 Å². The lowest BCUT2D eigenvalue weighted by atomic mass is 10.2. The molecule has 0 saturated carbocycles. The molecule has 0 spiro atoms. The zero-order valence-electron chi connectivity index (χ0n) is 12.1. The highest BCUT2D eigenvalue weighted by molar-refractivity contribution is 7.91. The SMILES string of the molecule is CN(O)C(=O)c1cc(NS(=O)(=O)Cc2cccc(F)c2)ccn1. The van der Waals surface area contributed by atoms with Gasteiger partial charge in [-0.05, 0) is 29.8 Å². The molecule has 0 aliphatic carbocycles. The van der Waals surface area contributed by atoms with Gasteiger partial charge in [-0.15, -0.1) is 0 Å². The fourth-order valence-electron chi connectivity index (χ4n) is 1.84. The van der Waals surface area contributed by atoms with E-state index >= 15 is 0 Å². The summed E-state index contributed by atoms with van der Waals surface area (Å²) >= 11 is 0. The van der Waals surface area contributed by atoms with E-state index in [1.165, 1.54) is 36.5 Å². The summed E-state index contributed by atoms with van der Waals surface area (Å²) in [6.45, 7) is 0. The van der Waals surface area contributed by atoms with Gasteiger partial charge in [-0.25, -0.2) is 17.9 Å². The Morgan fingerprint density at radius 1 is 1.35 bits per heavy atom. The molecule has 7 nitrogen and oxygen atoms in total. The van der Waals surface area contributed by atoms with Gasteiger partial charge in [-0.1, -0.05) is 12.1 Å². The number of halogens is 1. The molecule has 2 aromatic rings. The van der Waals surface area contributed by atoms with E-state index in [9.17, 15) is 17.6 Å². The van der Waals surface area contributed by atoms with Gasteiger partial charge in [0.15, 0.2) is 0 Å². The van der Waals surface area contributed by atoms with Crippen molar-refractivity contribution >= 4 is 21.6 Å². The molecule has 1 amide bonds. The molecule has 0 atom stereocenters. The molecule has 1 heterocycles. The van der Waals surface area contributed by atoms with E-state index < -0.39 is 27.5 Å². The van der Waals surface area contributed by atoms with Crippen LogP contribution < -0.4 is 4.72 Å². The molecule has 0 fully saturated rings. The number of pyridine rings is 1. The summed E-state index contributed by atoms with van der Waals surface area (Å²) in [6, 6.07) is 7.80. The minimum atomic E-state index is -3.80. The number of amides is 1. The standard InChI is InChI=1S/C14H14FN3O4S/c1-18(20)14(19)13-8-12(5-6-16-13)17-23(21,22)9-10-3-2-4-11(15)7-10/h2-8,20H,9H2,1H3,(H,16,17). The maximum absolute atomic E-state index is 13.1. The quantitative estimate of drug-likeness (QED) is 0.637. The Bertz CT molecular complexity index is 824. The van der Waals surface area contributed by atoms with Gasteiger partial charge in [0, 0.05) is 13.2 Å². The van der Waals surface area contributed by atoms with E-state index in [1.54, 1.807) is 0 Å². The van der Waals surface area contributed by atoms with Crippen LogP contribution in [-0.4, -0.2) is 36.6 Å². The fraction of sp³-hybridized carbons (Fsp3) is 0.143. The monoisotopic (exact) mass is 339 g/mol. The van der Waals surface area contributed by atoms with Gasteiger partial charge < -0.3 is 0 Å². The number of anilines is 1. The number of sulfonamides is 1. The molecule has 2 rings (SSSR count). The highest BCUT2D eigenvalue weighted by Crippen LogP contribution is 2.14. The Morgan fingerprint density at radius 3 is 2.74 bits per heavy atom. The third-order valence-corrected chi connectivity index (χ3v) is 4.05. The van der Waals surface area contributed by atoms with Crippen LogP contribution in [0.3, 0.4) is 0 Å². The number of aromatic nitrogens is 1. The van der Waals surface area contributed by atoms with Crippen molar-refractivity contribution < 1.29 is 22.8 Å². The zero-order valence-corrected chi connectivity index (χ0v) is 12.9. The van der Waals surface area contributed by atoms with Gasteiger partial charge in [-0.2, -0.15) is 0 Å². The van der Waals surface area contributed by atoms with Gasteiger partial charge in [0.1, 0.15) is 11.5 Å². The molecule has 0 bridgehead atoms. The van der Waals surface area contributed by atoms with Crippen molar-refractivity contribution in [2.75, 3.05) is 11.8 Å². The minimum absolute atomic E-state index is 0.113. The van der Waals surface area contributed by atoms with Crippen LogP contribution in [-0.2, 0) is 15.8 Å². The van der Waals surface area contributed by atoms with Gasteiger partial charge in [0.25, 0.3) is 5.91 Å². The normalized spacial score (nSPS) is 11.1. The van der Waals surface area contributed by atoms with Gasteiger partial charge in [0.2, 0.25) is 10.0 Å². The Kier molecular flexibility index (Phi) is 4.92. The van der Waals surface area contributed by atoms with E-state index in [-0.39, 0.29) is 16.9 Å². The second kappa shape index (κ2) is 6.71. The molecular weight excluding hydrogens is 325 g/mol. The van der Waals surface area contributed by atoms with Gasteiger partial charge >= 0.3 is 0 Å². The number of hydrogen-bond acceptors (Lipinski definition) is 5. The maximum Gasteiger partial charge on any atom is 0.295 e. The van der Waals surface area contributed by atoms with Crippen molar-refractivity contribution in [2.24, 2.45) is 0 Å². The topological polar surface area (TPSA) is 99.6 Å². The molecule has 1 aromatic heterocycles. The van der Waals surface area contributed by atoms with Crippen LogP contribution in [0.25, 0.3) is 0 Å². The summed E-state index contributed by atoms with van der Waals surface area (Å²) in [7, 11) is -2.67. The van der Waals surface area contributed by atoms with E-state index in [0.717, 1.165) is 13.1 Å². The van der Waals surface area contributed by atoms with Crippen molar-refractivity contribution in [3.63, 3.8) is 0 Å². The third-order valence-electron chi connectivity index (χ3n) is 2.79. The molecule has 122 valence electrons. The minimum Gasteiger partial charge on any atom is -0.286 e. The Balaban J connectivity index is 2.17. The summed E-state index contributed by atoms with van der Waals surface area (Å²) in [4.78, 5) is 15.3. The van der Waals surface area contributed by atoms with Crippen molar-refractivity contribution in [1.82, 2.24) is 10.0 Å². The average Bonchev–Trinajstić information content (AvgIpc) is 2.45. The first-order chi connectivity index (χ1) is 10.8. The molecule has 0 radical (unpaired) electrons. The van der Waals surface area contributed by atoms with Crippen LogP contribution >= 0.6 is 0 Å². The number of carbonyl (C=O) groups is 1. The van der Waals surface area contributed by atoms with Crippen LogP contribution in [0.15, 0.2) is 42.6 Å². The van der Waals surface area contributed by atoms with Crippen LogP contribution in [0.2, 0.25) is 0 Å². The largest absolute Gasteiger partial charge is 0.295 e. The molecular formula is C14H14FN3O4S. The fourth-order valence-corrected chi connectivity index (χ4v) is 3.02. The molecule has 0 aliphatic heterocycles. The smallest absolute Gasteiger partial charge is 0.286 e. The number of rotatable bonds is 5. The average molecular weight is 339 g/mol. The molecule has 0 unspecified atom stereocenters. The lowest BCUT2D eigenvalue weighted by Crippen LogP contribution is -2.23. The predicted octanol–water partition coefficient (Wildman–Crippen LogP) is 1.62. The number of carbonyl (C=O) groups excluding carboxylic acids is 1. The van der Waals surface area contributed by atoms with Gasteiger partial charge in [0.05, 0.1) is 11.4 Å². The number of nitrogens with one attached hydrogen (secondary N) is 1. The van der Waals surface area contributed by atoms with Crippen LogP contribution in [0, 0.1) is 5.82 Å². The first kappa shape index (κ1) is 16.8. The lowest BCUT2D eigenvalue weighted by molar-refractivity contribution is -0.0379. The van der Waals surface area contributed by atoms with Crippen molar-refractivity contribution in [1.29, 1.82) is 0 Å². The number of hydroxylamine groups is 2. The summed E-state index contributed by atoms with van der Waals surface area (Å²) in [5, 5.41) is 9.43. The lowest BCUT2D eigenvalue weighted by Gasteiger charge is -2.11. The van der Waals surface area contributed by atoms with Crippen molar-refractivity contribution in [3.8, 4) is 0 Å². The highest BCUT2D eigenvalue weighted by Gasteiger charge is 2.15. The first-order valence-electron chi connectivity index (χ1n) is 6.45. The van der Waals surface area contributed by atoms with Crippen LogP contribution in [0.5, 0.6) is 0 Å². The molecule has 0 aliphatic rings. The second-order valence-electron chi connectivity index (χ2n) is 4.75. The Labute approximate surface area is 132 Å². The Morgan fingerprint density at radius 2 is 2.09 bits per heavy atom. The van der Waals surface area contributed by atoms with Gasteiger partial charge in [-0.3, -0.25) is 19.7 Å². The molecule has 23 heavy (non-hydrogen) atoms. The number of benzene rings is 1. The highest BCUT2D eigenvalue weighted by atomic mass is 32.2. The van der Waals surface area contributed by atoms with Crippen LogP contribution in [0.4, 0.5) is 10.1 Å². The zero-order chi connectivity index (χ0) is 17.0. The summed E-state index contributed by atoms with van der Waals surface area (Å²) in [5.74, 6) is -1.73. The van der Waals surface area contributed by atoms with E-state index in [1.807, 2.05) is 0 Å². The predicted molar refractivity (Wildman–Crippen MR) is 80.8 cm³/mol. The summed E-state index contributed by atoms with van der Waals surface area (Å²) in [5.41, 5.74) is 0.278. The Hall–Kier alpha value is -2.52. The summed E-state index contributed by atoms with van der Waals surface area (Å²) in [6.07, 6.45) is 1.23. The van der Waals surface area contributed by atoms with Crippen LogP contribution in [0.1, 0.15) is 16.1 Å². The number of nitrogens with zero attached hydrogens (tertiary/aromatic N) is 2. The second-order valence-corrected chi connectivity index (χ2v) is 6.47. The molecule has 1 aromatic carbocycles. The summed E-state index contributed by atoms with van der Waals surface area (Å²) < 4.78 is 39.6.